The molecule has 1 amide bonds. The van der Waals surface area contributed by atoms with Gasteiger partial charge in [-0.15, -0.1) is 0 Å². The number of aromatic nitrogens is 3. The molecule has 0 saturated carbocycles. The first-order chi connectivity index (χ1) is 16.2. The minimum Gasteiger partial charge on any atom is -0.337 e. The van der Waals surface area contributed by atoms with Gasteiger partial charge in [0, 0.05) is 36.4 Å². The topological polar surface area (TPSA) is 51.0 Å². The van der Waals surface area contributed by atoms with Gasteiger partial charge in [-0.3, -0.25) is 14.5 Å². The molecule has 1 saturated heterocycles. The molecule has 0 bridgehead atoms. The van der Waals surface area contributed by atoms with E-state index in [1.54, 1.807) is 6.20 Å². The number of rotatable bonds is 5. The van der Waals surface area contributed by atoms with Crippen LogP contribution in [0.2, 0.25) is 0 Å². The van der Waals surface area contributed by atoms with Crippen molar-refractivity contribution in [3.8, 4) is 11.3 Å². The lowest BCUT2D eigenvalue weighted by Crippen LogP contribution is -2.40. The summed E-state index contributed by atoms with van der Waals surface area (Å²) in [5.41, 5.74) is 6.16. The van der Waals surface area contributed by atoms with Crippen LogP contribution in [-0.2, 0) is 4.79 Å². The Labute approximate surface area is 193 Å². The fourth-order valence-electron chi connectivity index (χ4n) is 4.60. The Morgan fingerprint density at radius 2 is 1.79 bits per heavy atom. The molecule has 5 heteroatoms. The summed E-state index contributed by atoms with van der Waals surface area (Å²) in [6.45, 7) is 9.31. The first kappa shape index (κ1) is 20.9. The van der Waals surface area contributed by atoms with Crippen LogP contribution >= 0.6 is 0 Å². The molecule has 0 N–H and O–H groups in total. The Hall–Kier alpha value is -3.99. The van der Waals surface area contributed by atoms with E-state index in [4.69, 9.17) is 5.10 Å². The van der Waals surface area contributed by atoms with Crippen LogP contribution in [0.25, 0.3) is 27.7 Å². The molecule has 2 aromatic carbocycles. The van der Waals surface area contributed by atoms with E-state index in [0.29, 0.717) is 6.54 Å². The van der Waals surface area contributed by atoms with Crippen molar-refractivity contribution in [1.29, 1.82) is 0 Å². The fraction of sp³-hybridized carbons (Fsp3) is 0.179. The molecule has 164 valence electrons. The van der Waals surface area contributed by atoms with E-state index in [1.165, 1.54) is 6.08 Å². The van der Waals surface area contributed by atoms with Gasteiger partial charge in [-0.25, -0.2) is 0 Å². The van der Waals surface area contributed by atoms with E-state index in [1.807, 2.05) is 35.4 Å². The summed E-state index contributed by atoms with van der Waals surface area (Å²) in [5.74, 6) is -0.0210. The molecule has 1 fully saturated rings. The maximum absolute atomic E-state index is 12.2. The van der Waals surface area contributed by atoms with E-state index in [-0.39, 0.29) is 11.9 Å². The summed E-state index contributed by atoms with van der Waals surface area (Å²) in [5, 5.41) is 6.04. The zero-order valence-corrected chi connectivity index (χ0v) is 18.5. The number of hydrogen-bond acceptors (Lipinski definition) is 3. The minimum absolute atomic E-state index is 0.0210. The second-order valence-corrected chi connectivity index (χ2v) is 8.39. The number of carbonyl (C=O) groups is 1. The predicted molar refractivity (Wildman–Crippen MR) is 133 cm³/mol. The zero-order chi connectivity index (χ0) is 22.8. The first-order valence-corrected chi connectivity index (χ1v) is 11.2. The largest absolute Gasteiger partial charge is 0.337 e. The molecule has 0 radical (unpaired) electrons. The molecule has 0 aliphatic carbocycles. The number of amides is 1. The normalized spacial score (nSPS) is 16.0. The smallest absolute Gasteiger partial charge is 0.246 e. The zero-order valence-electron chi connectivity index (χ0n) is 18.5. The molecule has 2 aromatic heterocycles. The van der Waals surface area contributed by atoms with Crippen molar-refractivity contribution in [1.82, 2.24) is 19.7 Å². The Morgan fingerprint density at radius 1 is 1.03 bits per heavy atom. The van der Waals surface area contributed by atoms with Crippen LogP contribution in [0.1, 0.15) is 30.0 Å². The van der Waals surface area contributed by atoms with Gasteiger partial charge < -0.3 is 4.90 Å². The first-order valence-electron chi connectivity index (χ1n) is 11.2. The van der Waals surface area contributed by atoms with Gasteiger partial charge >= 0.3 is 0 Å². The van der Waals surface area contributed by atoms with Crippen LogP contribution in [0.4, 0.5) is 0 Å². The van der Waals surface area contributed by atoms with Crippen LogP contribution in [-0.4, -0.2) is 38.7 Å². The van der Waals surface area contributed by atoms with Crippen molar-refractivity contribution < 1.29 is 4.79 Å². The molecule has 3 heterocycles. The molecular weight excluding hydrogens is 408 g/mol. The molecule has 4 aromatic rings. The number of nitrogens with zero attached hydrogens (tertiary/aromatic N) is 4. The van der Waals surface area contributed by atoms with Gasteiger partial charge in [-0.2, -0.15) is 5.10 Å². The minimum atomic E-state index is -0.0210. The maximum atomic E-state index is 12.2. The van der Waals surface area contributed by atoms with Crippen LogP contribution in [0.3, 0.4) is 0 Å². The van der Waals surface area contributed by atoms with E-state index < -0.39 is 0 Å². The summed E-state index contributed by atoms with van der Waals surface area (Å²) < 4.78 is 2.08. The van der Waals surface area contributed by atoms with Crippen molar-refractivity contribution >= 4 is 22.4 Å². The molecular formula is C28H26N4O. The van der Waals surface area contributed by atoms with Crippen molar-refractivity contribution in [2.75, 3.05) is 13.1 Å². The molecule has 1 atom stereocenters. The number of hydrogen-bond donors (Lipinski definition) is 0. The quantitative estimate of drug-likeness (QED) is 0.389. The molecule has 33 heavy (non-hydrogen) atoms. The third-order valence-electron chi connectivity index (χ3n) is 6.37. The van der Waals surface area contributed by atoms with Crippen LogP contribution in [0.5, 0.6) is 0 Å². The fourth-order valence-corrected chi connectivity index (χ4v) is 4.60. The van der Waals surface area contributed by atoms with Crippen molar-refractivity contribution in [3.63, 3.8) is 0 Å². The van der Waals surface area contributed by atoms with Crippen LogP contribution in [0, 0.1) is 0 Å². The summed E-state index contributed by atoms with van der Waals surface area (Å²) in [4.78, 5) is 18.4. The number of fused-ring (bicyclic) bond motifs is 1. The average molecular weight is 435 g/mol. The second-order valence-electron chi connectivity index (χ2n) is 8.39. The second kappa shape index (κ2) is 8.87. The number of carbonyl (C=O) groups excluding carboxylic acids is 1. The molecule has 1 aliphatic heterocycles. The third kappa shape index (κ3) is 3.98. The molecule has 5 nitrogen and oxygen atoms in total. The van der Waals surface area contributed by atoms with Gasteiger partial charge in [0.05, 0.1) is 11.6 Å². The lowest BCUT2D eigenvalue weighted by molar-refractivity contribution is -0.127. The standard InChI is InChI=1S/C28H26N4O/c1-3-27(33)31-17-7-10-24(19-31)32-26-15-16-29-18-25(26)28(30-32)23-13-11-22(12-14-23)20(2)21-8-5-4-6-9-21/h3-6,8-9,11-16,18,24H,1-2,7,10,17,19H2/t24-/m1/s1. The van der Waals surface area contributed by atoms with Gasteiger partial charge in [0.2, 0.25) is 5.91 Å². The summed E-state index contributed by atoms with van der Waals surface area (Å²) in [6, 6.07) is 20.7. The Balaban J connectivity index is 1.49. The number of likely N-dealkylation sites (tertiary alicyclic amines) is 1. The van der Waals surface area contributed by atoms with E-state index in [0.717, 1.165) is 58.2 Å². The summed E-state index contributed by atoms with van der Waals surface area (Å²) >= 11 is 0. The number of piperidine rings is 1. The Kier molecular flexibility index (Phi) is 5.61. The monoisotopic (exact) mass is 434 g/mol. The van der Waals surface area contributed by atoms with Crippen molar-refractivity contribution in [3.05, 3.63) is 103 Å². The summed E-state index contributed by atoms with van der Waals surface area (Å²) in [6.07, 6.45) is 6.99. The SMILES string of the molecule is C=CC(=O)N1CCC[C@@H](n2nc(-c3ccc(C(=C)c4ccccc4)cc3)c3cnccc32)C1. The highest BCUT2D eigenvalue weighted by Gasteiger charge is 2.26. The number of pyridine rings is 1. The lowest BCUT2D eigenvalue weighted by Gasteiger charge is -2.32. The van der Waals surface area contributed by atoms with Gasteiger partial charge in [0.1, 0.15) is 5.69 Å². The Bertz CT molecular complexity index is 1320. The van der Waals surface area contributed by atoms with Crippen LogP contribution in [0.15, 0.2) is 92.3 Å². The molecule has 1 aliphatic rings. The predicted octanol–water partition coefficient (Wildman–Crippen LogP) is 5.51. The van der Waals surface area contributed by atoms with Crippen LogP contribution < -0.4 is 0 Å². The van der Waals surface area contributed by atoms with E-state index in [9.17, 15) is 4.79 Å². The highest BCUT2D eigenvalue weighted by atomic mass is 16.2. The van der Waals surface area contributed by atoms with Gasteiger partial charge in [0.25, 0.3) is 0 Å². The summed E-state index contributed by atoms with van der Waals surface area (Å²) in [7, 11) is 0. The van der Waals surface area contributed by atoms with Gasteiger partial charge in [-0.1, -0.05) is 67.8 Å². The molecule has 5 rings (SSSR count). The van der Waals surface area contributed by atoms with Crippen molar-refractivity contribution in [2.24, 2.45) is 0 Å². The highest BCUT2D eigenvalue weighted by molar-refractivity contribution is 5.93. The van der Waals surface area contributed by atoms with Crippen molar-refractivity contribution in [2.45, 2.75) is 18.9 Å². The maximum Gasteiger partial charge on any atom is 0.246 e. The molecule has 0 unspecified atom stereocenters. The average Bonchev–Trinajstić information content (AvgIpc) is 3.28. The highest BCUT2D eigenvalue weighted by Crippen LogP contribution is 2.33. The van der Waals surface area contributed by atoms with E-state index >= 15 is 0 Å². The van der Waals surface area contributed by atoms with Gasteiger partial charge in [0.15, 0.2) is 0 Å². The molecule has 0 spiro atoms. The Morgan fingerprint density at radius 3 is 2.55 bits per heavy atom. The third-order valence-corrected chi connectivity index (χ3v) is 6.37. The number of benzene rings is 2. The lowest BCUT2D eigenvalue weighted by atomic mass is 9.98. The van der Waals surface area contributed by atoms with E-state index in [2.05, 4.69) is 59.2 Å². The van der Waals surface area contributed by atoms with Gasteiger partial charge in [-0.05, 0) is 41.7 Å².